The number of aromatic nitrogens is 3. The Morgan fingerprint density at radius 2 is 2.15 bits per heavy atom. The van der Waals surface area contributed by atoms with Crippen molar-refractivity contribution in [1.82, 2.24) is 19.9 Å². The lowest BCUT2D eigenvalue weighted by atomic mass is 10.0. The minimum atomic E-state index is -0.0213. The lowest BCUT2D eigenvalue weighted by molar-refractivity contribution is -0.131. The van der Waals surface area contributed by atoms with Crippen molar-refractivity contribution in [1.29, 1.82) is 0 Å². The molecule has 7 heteroatoms. The van der Waals surface area contributed by atoms with E-state index >= 15 is 0 Å². The van der Waals surface area contributed by atoms with Crippen molar-refractivity contribution in [2.24, 2.45) is 0 Å². The van der Waals surface area contributed by atoms with Crippen LogP contribution in [0.5, 0.6) is 0 Å². The molecule has 1 aliphatic heterocycles. The second kappa shape index (κ2) is 8.03. The molecule has 0 aromatic carbocycles. The van der Waals surface area contributed by atoms with E-state index in [0.29, 0.717) is 18.9 Å². The van der Waals surface area contributed by atoms with Gasteiger partial charge in [0.05, 0.1) is 17.5 Å². The van der Waals surface area contributed by atoms with Crippen LogP contribution in [0.1, 0.15) is 25.1 Å². The van der Waals surface area contributed by atoms with Gasteiger partial charge in [-0.05, 0) is 31.2 Å². The standard InChI is InChI=1S/C19H25N5OS/c1-5-26-13(2)19(25)24-11-9-14-16(12-24)21-17(22-18(14)23(3)4)15-8-6-7-10-20-15/h6-8,10,13H,5,9,11-12H2,1-4H3/t13-/m1/s1. The molecule has 2 aromatic heterocycles. The summed E-state index contributed by atoms with van der Waals surface area (Å²) in [6.45, 7) is 5.31. The molecule has 3 rings (SSSR count). The molecule has 0 bridgehead atoms. The van der Waals surface area contributed by atoms with Gasteiger partial charge in [-0.2, -0.15) is 0 Å². The van der Waals surface area contributed by atoms with Crippen LogP contribution < -0.4 is 4.90 Å². The first-order valence-corrected chi connectivity index (χ1v) is 9.95. The first-order valence-electron chi connectivity index (χ1n) is 8.90. The van der Waals surface area contributed by atoms with Crippen LogP contribution in [-0.2, 0) is 17.8 Å². The molecule has 0 N–H and O–H groups in total. The predicted molar refractivity (Wildman–Crippen MR) is 106 cm³/mol. The number of thioether (sulfide) groups is 1. The lowest BCUT2D eigenvalue weighted by Gasteiger charge is -2.32. The average Bonchev–Trinajstić information content (AvgIpc) is 2.66. The largest absolute Gasteiger partial charge is 0.362 e. The minimum Gasteiger partial charge on any atom is -0.362 e. The van der Waals surface area contributed by atoms with Crippen LogP contribution in [0.15, 0.2) is 24.4 Å². The Hall–Kier alpha value is -2.15. The molecule has 0 saturated heterocycles. The minimum absolute atomic E-state index is 0.0213. The van der Waals surface area contributed by atoms with E-state index in [1.54, 1.807) is 18.0 Å². The molecule has 0 fully saturated rings. The van der Waals surface area contributed by atoms with Gasteiger partial charge in [0.25, 0.3) is 0 Å². The van der Waals surface area contributed by atoms with Gasteiger partial charge in [-0.15, -0.1) is 11.8 Å². The van der Waals surface area contributed by atoms with E-state index in [2.05, 4.69) is 11.9 Å². The highest BCUT2D eigenvalue weighted by atomic mass is 32.2. The summed E-state index contributed by atoms with van der Waals surface area (Å²) in [6, 6.07) is 5.72. The summed E-state index contributed by atoms with van der Waals surface area (Å²) in [7, 11) is 3.98. The number of amides is 1. The van der Waals surface area contributed by atoms with Crippen molar-refractivity contribution in [3.05, 3.63) is 35.7 Å². The Kier molecular flexibility index (Phi) is 5.76. The molecule has 1 aliphatic rings. The highest BCUT2D eigenvalue weighted by molar-refractivity contribution is 8.00. The van der Waals surface area contributed by atoms with Crippen LogP contribution in [-0.4, -0.2) is 57.4 Å². The summed E-state index contributed by atoms with van der Waals surface area (Å²) in [5, 5.41) is -0.0213. The molecule has 138 valence electrons. The van der Waals surface area contributed by atoms with Gasteiger partial charge >= 0.3 is 0 Å². The summed E-state index contributed by atoms with van der Waals surface area (Å²) in [5.41, 5.74) is 2.81. The number of pyridine rings is 1. The normalized spacial score (nSPS) is 14.7. The molecule has 0 unspecified atom stereocenters. The number of fused-ring (bicyclic) bond motifs is 1. The van der Waals surface area contributed by atoms with Crippen LogP contribution in [0.25, 0.3) is 11.5 Å². The van der Waals surface area contributed by atoms with E-state index in [0.717, 1.165) is 34.9 Å². The maximum atomic E-state index is 12.7. The molecule has 3 heterocycles. The molecule has 26 heavy (non-hydrogen) atoms. The smallest absolute Gasteiger partial charge is 0.235 e. The van der Waals surface area contributed by atoms with Crippen molar-refractivity contribution in [3.63, 3.8) is 0 Å². The third kappa shape index (κ3) is 3.82. The fraction of sp³-hybridized carbons (Fsp3) is 0.474. The van der Waals surface area contributed by atoms with E-state index in [4.69, 9.17) is 9.97 Å². The molecule has 0 aliphatic carbocycles. The van der Waals surface area contributed by atoms with Gasteiger partial charge in [0, 0.05) is 32.4 Å². The summed E-state index contributed by atoms with van der Waals surface area (Å²) in [4.78, 5) is 30.5. The van der Waals surface area contributed by atoms with Crippen LogP contribution >= 0.6 is 11.8 Å². The Bertz CT molecular complexity index is 781. The maximum Gasteiger partial charge on any atom is 0.235 e. The molecule has 0 saturated carbocycles. The monoisotopic (exact) mass is 371 g/mol. The SMILES string of the molecule is CCS[C@H](C)C(=O)N1CCc2c(nc(-c3ccccn3)nc2N(C)C)C1. The molecule has 0 radical (unpaired) electrons. The molecule has 0 spiro atoms. The Morgan fingerprint density at radius 1 is 1.35 bits per heavy atom. The number of nitrogens with zero attached hydrogens (tertiary/aromatic N) is 5. The number of hydrogen-bond donors (Lipinski definition) is 0. The predicted octanol–water partition coefficient (Wildman–Crippen LogP) is 2.63. The molecular formula is C19H25N5OS. The molecule has 1 atom stereocenters. The van der Waals surface area contributed by atoms with E-state index in [9.17, 15) is 4.79 Å². The number of hydrogen-bond acceptors (Lipinski definition) is 6. The quantitative estimate of drug-likeness (QED) is 0.805. The summed E-state index contributed by atoms with van der Waals surface area (Å²) in [5.74, 6) is 2.65. The third-order valence-corrected chi connectivity index (χ3v) is 5.47. The zero-order valence-corrected chi connectivity index (χ0v) is 16.6. The highest BCUT2D eigenvalue weighted by Gasteiger charge is 2.28. The topological polar surface area (TPSA) is 62.2 Å². The van der Waals surface area contributed by atoms with Gasteiger partial charge in [0.1, 0.15) is 11.5 Å². The average molecular weight is 372 g/mol. The fourth-order valence-corrected chi connectivity index (χ4v) is 3.95. The van der Waals surface area contributed by atoms with Crippen molar-refractivity contribution in [3.8, 4) is 11.5 Å². The number of rotatable bonds is 5. The van der Waals surface area contributed by atoms with E-state index < -0.39 is 0 Å². The van der Waals surface area contributed by atoms with Crippen molar-refractivity contribution < 1.29 is 4.79 Å². The third-order valence-electron chi connectivity index (χ3n) is 4.44. The van der Waals surface area contributed by atoms with E-state index in [1.165, 1.54) is 0 Å². The zero-order chi connectivity index (χ0) is 18.7. The summed E-state index contributed by atoms with van der Waals surface area (Å²) in [6.07, 6.45) is 2.52. The zero-order valence-electron chi connectivity index (χ0n) is 15.8. The van der Waals surface area contributed by atoms with E-state index in [1.807, 2.05) is 49.0 Å². The van der Waals surface area contributed by atoms with Crippen LogP contribution in [0.2, 0.25) is 0 Å². The van der Waals surface area contributed by atoms with Crippen molar-refractivity contribution >= 4 is 23.5 Å². The van der Waals surface area contributed by atoms with Gasteiger partial charge in [-0.3, -0.25) is 9.78 Å². The first kappa shape index (κ1) is 18.6. The molecular weight excluding hydrogens is 346 g/mol. The highest BCUT2D eigenvalue weighted by Crippen LogP contribution is 2.29. The Balaban J connectivity index is 1.95. The van der Waals surface area contributed by atoms with E-state index in [-0.39, 0.29) is 11.2 Å². The summed E-state index contributed by atoms with van der Waals surface area (Å²) < 4.78 is 0. The number of carbonyl (C=O) groups excluding carboxylic acids is 1. The number of anilines is 1. The lowest BCUT2D eigenvalue weighted by Crippen LogP contribution is -2.41. The molecule has 6 nitrogen and oxygen atoms in total. The van der Waals surface area contributed by atoms with Gasteiger partial charge in [-0.1, -0.05) is 13.0 Å². The molecule has 2 aromatic rings. The van der Waals surface area contributed by atoms with Crippen LogP contribution in [0.3, 0.4) is 0 Å². The Morgan fingerprint density at radius 3 is 2.81 bits per heavy atom. The maximum absolute atomic E-state index is 12.7. The fourth-order valence-electron chi connectivity index (χ4n) is 3.16. The van der Waals surface area contributed by atoms with Crippen LogP contribution in [0, 0.1) is 0 Å². The first-order chi connectivity index (χ1) is 12.5. The second-order valence-corrected chi connectivity index (χ2v) is 8.13. The Labute approximate surface area is 159 Å². The van der Waals surface area contributed by atoms with Gasteiger partial charge in [-0.25, -0.2) is 9.97 Å². The van der Waals surface area contributed by atoms with Crippen molar-refractivity contribution in [2.75, 3.05) is 31.3 Å². The second-order valence-electron chi connectivity index (χ2n) is 6.51. The van der Waals surface area contributed by atoms with Crippen LogP contribution in [0.4, 0.5) is 5.82 Å². The van der Waals surface area contributed by atoms with Gasteiger partial charge in [0.2, 0.25) is 5.91 Å². The van der Waals surface area contributed by atoms with Gasteiger partial charge in [0.15, 0.2) is 5.82 Å². The summed E-state index contributed by atoms with van der Waals surface area (Å²) >= 11 is 1.68. The number of carbonyl (C=O) groups is 1. The van der Waals surface area contributed by atoms with Gasteiger partial charge < -0.3 is 9.80 Å². The van der Waals surface area contributed by atoms with Crippen molar-refractivity contribution in [2.45, 2.75) is 32.1 Å². The molecule has 1 amide bonds.